The van der Waals surface area contributed by atoms with Crippen LogP contribution in [0.25, 0.3) is 0 Å². The van der Waals surface area contributed by atoms with Gasteiger partial charge < -0.3 is 15.0 Å². The Morgan fingerprint density at radius 3 is 2.07 bits per heavy atom. The molecule has 0 unspecified atom stereocenters. The van der Waals surface area contributed by atoms with Crippen molar-refractivity contribution in [2.24, 2.45) is 0 Å². The number of hydrogen-bond donors (Lipinski definition) is 1. The third-order valence-corrected chi connectivity index (χ3v) is 6.03. The van der Waals surface area contributed by atoms with Gasteiger partial charge in [0.1, 0.15) is 11.5 Å². The Labute approximate surface area is 173 Å². The molecule has 1 saturated carbocycles. The number of amides is 2. The lowest BCUT2D eigenvalue weighted by Crippen LogP contribution is -2.52. The number of nitrogens with one attached hydrogen (secondary N) is 1. The van der Waals surface area contributed by atoms with Crippen LogP contribution in [0.4, 0.5) is 10.5 Å². The van der Waals surface area contributed by atoms with Crippen LogP contribution in [0.2, 0.25) is 0 Å². The van der Waals surface area contributed by atoms with Gasteiger partial charge in [0, 0.05) is 37.9 Å². The van der Waals surface area contributed by atoms with Crippen LogP contribution >= 0.6 is 0 Å². The number of hydrogen-bond acceptors (Lipinski definition) is 3. The normalized spacial score (nSPS) is 18.8. The van der Waals surface area contributed by atoms with Crippen LogP contribution < -0.4 is 10.1 Å². The summed E-state index contributed by atoms with van der Waals surface area (Å²) in [5.74, 6) is 1.56. The molecular formula is C24H31N3O2. The SMILES string of the molecule is O=C(Nc1ccc(Oc2ccccc2)cc1)N1CCN(C2CCCCCC2)CC1. The smallest absolute Gasteiger partial charge is 0.321 e. The summed E-state index contributed by atoms with van der Waals surface area (Å²) < 4.78 is 5.80. The Bertz CT molecular complexity index is 762. The van der Waals surface area contributed by atoms with E-state index in [1.54, 1.807) is 0 Å². The number of carbonyl (C=O) groups is 1. The van der Waals surface area contributed by atoms with Gasteiger partial charge in [0.2, 0.25) is 0 Å². The van der Waals surface area contributed by atoms with Crippen molar-refractivity contribution in [2.75, 3.05) is 31.5 Å². The van der Waals surface area contributed by atoms with Gasteiger partial charge in [-0.05, 0) is 49.2 Å². The van der Waals surface area contributed by atoms with Crippen molar-refractivity contribution >= 4 is 11.7 Å². The summed E-state index contributed by atoms with van der Waals surface area (Å²) in [7, 11) is 0. The highest BCUT2D eigenvalue weighted by atomic mass is 16.5. The number of rotatable bonds is 4. The summed E-state index contributed by atoms with van der Waals surface area (Å²) >= 11 is 0. The maximum absolute atomic E-state index is 12.6. The van der Waals surface area contributed by atoms with Gasteiger partial charge in [0.15, 0.2) is 0 Å². The molecule has 0 spiro atoms. The molecule has 0 radical (unpaired) electrons. The van der Waals surface area contributed by atoms with Crippen LogP contribution in [0.5, 0.6) is 11.5 Å². The van der Waals surface area contributed by atoms with Crippen molar-refractivity contribution < 1.29 is 9.53 Å². The molecule has 2 aromatic rings. The second-order valence-electron chi connectivity index (χ2n) is 8.04. The number of piperazine rings is 1. The Balaban J connectivity index is 1.25. The van der Waals surface area contributed by atoms with Crippen molar-refractivity contribution in [3.05, 3.63) is 54.6 Å². The molecule has 1 aliphatic heterocycles. The molecule has 2 aliphatic rings. The van der Waals surface area contributed by atoms with E-state index in [-0.39, 0.29) is 6.03 Å². The lowest BCUT2D eigenvalue weighted by atomic mass is 10.1. The largest absolute Gasteiger partial charge is 0.457 e. The fourth-order valence-corrected chi connectivity index (χ4v) is 4.35. The quantitative estimate of drug-likeness (QED) is 0.712. The Hall–Kier alpha value is -2.53. The van der Waals surface area contributed by atoms with Crippen LogP contribution in [0, 0.1) is 0 Å². The van der Waals surface area contributed by atoms with Gasteiger partial charge in [0.05, 0.1) is 0 Å². The molecule has 0 aromatic heterocycles. The highest BCUT2D eigenvalue weighted by molar-refractivity contribution is 5.89. The van der Waals surface area contributed by atoms with E-state index in [0.29, 0.717) is 0 Å². The van der Waals surface area contributed by atoms with Gasteiger partial charge in [-0.25, -0.2) is 4.79 Å². The molecule has 2 amide bonds. The molecule has 2 fully saturated rings. The van der Waals surface area contributed by atoms with E-state index in [9.17, 15) is 4.79 Å². The number of para-hydroxylation sites is 1. The van der Waals surface area contributed by atoms with E-state index >= 15 is 0 Å². The van der Waals surface area contributed by atoms with E-state index in [2.05, 4.69) is 10.2 Å². The lowest BCUT2D eigenvalue weighted by Gasteiger charge is -2.39. The maximum atomic E-state index is 12.6. The van der Waals surface area contributed by atoms with Crippen molar-refractivity contribution in [3.8, 4) is 11.5 Å². The van der Waals surface area contributed by atoms with Crippen molar-refractivity contribution in [1.29, 1.82) is 0 Å². The first-order chi connectivity index (χ1) is 14.3. The molecule has 154 valence electrons. The minimum atomic E-state index is -0.0118. The van der Waals surface area contributed by atoms with Crippen LogP contribution in [0.3, 0.4) is 0 Å². The maximum Gasteiger partial charge on any atom is 0.321 e. The second kappa shape index (κ2) is 9.79. The standard InChI is InChI=1S/C24H31N3O2/c28-24(27-18-16-26(17-19-27)21-8-4-1-2-5-9-21)25-20-12-14-23(15-13-20)29-22-10-6-3-7-11-22/h3,6-7,10-15,21H,1-2,4-5,8-9,16-19H2,(H,25,28). The molecule has 1 saturated heterocycles. The predicted molar refractivity (Wildman–Crippen MR) is 117 cm³/mol. The number of ether oxygens (including phenoxy) is 1. The number of nitrogens with zero attached hydrogens (tertiary/aromatic N) is 2. The molecule has 0 bridgehead atoms. The third-order valence-electron chi connectivity index (χ3n) is 6.03. The fraction of sp³-hybridized carbons (Fsp3) is 0.458. The first-order valence-electron chi connectivity index (χ1n) is 10.9. The van der Waals surface area contributed by atoms with E-state index in [1.807, 2.05) is 59.5 Å². The summed E-state index contributed by atoms with van der Waals surface area (Å²) in [6.45, 7) is 3.58. The van der Waals surface area contributed by atoms with Gasteiger partial charge in [-0.1, -0.05) is 43.9 Å². The zero-order valence-electron chi connectivity index (χ0n) is 17.1. The second-order valence-corrected chi connectivity index (χ2v) is 8.04. The summed E-state index contributed by atoms with van der Waals surface area (Å²) in [4.78, 5) is 17.2. The van der Waals surface area contributed by atoms with Crippen molar-refractivity contribution in [1.82, 2.24) is 9.80 Å². The molecule has 1 N–H and O–H groups in total. The average molecular weight is 394 g/mol. The van der Waals surface area contributed by atoms with Gasteiger partial charge in [-0.2, -0.15) is 0 Å². The van der Waals surface area contributed by atoms with Gasteiger partial charge in [0.25, 0.3) is 0 Å². The van der Waals surface area contributed by atoms with Crippen LogP contribution in [-0.2, 0) is 0 Å². The highest BCUT2D eigenvalue weighted by Gasteiger charge is 2.26. The molecule has 2 aromatic carbocycles. The van der Waals surface area contributed by atoms with Gasteiger partial charge in [-0.15, -0.1) is 0 Å². The van der Waals surface area contributed by atoms with Crippen LogP contribution in [0.15, 0.2) is 54.6 Å². The Morgan fingerprint density at radius 1 is 0.793 bits per heavy atom. The predicted octanol–water partition coefficient (Wildman–Crippen LogP) is 5.35. The van der Waals surface area contributed by atoms with E-state index < -0.39 is 0 Å². The molecule has 29 heavy (non-hydrogen) atoms. The summed E-state index contributed by atoms with van der Waals surface area (Å²) in [6, 6.07) is 17.9. The average Bonchev–Trinajstić information content (AvgIpc) is 3.06. The van der Waals surface area contributed by atoms with Gasteiger partial charge in [-0.3, -0.25) is 4.90 Å². The number of carbonyl (C=O) groups excluding carboxylic acids is 1. The first-order valence-corrected chi connectivity index (χ1v) is 10.9. The Kier molecular flexibility index (Phi) is 6.67. The molecular weight excluding hydrogens is 362 g/mol. The van der Waals surface area contributed by atoms with E-state index in [1.165, 1.54) is 38.5 Å². The van der Waals surface area contributed by atoms with Crippen molar-refractivity contribution in [2.45, 2.75) is 44.6 Å². The van der Waals surface area contributed by atoms with Gasteiger partial charge >= 0.3 is 6.03 Å². The minimum absolute atomic E-state index is 0.0118. The van der Waals surface area contributed by atoms with Crippen LogP contribution in [-0.4, -0.2) is 48.1 Å². The molecule has 1 aliphatic carbocycles. The molecule has 5 nitrogen and oxygen atoms in total. The fourth-order valence-electron chi connectivity index (χ4n) is 4.35. The van der Waals surface area contributed by atoms with Crippen LogP contribution in [0.1, 0.15) is 38.5 Å². The summed E-state index contributed by atoms with van der Waals surface area (Å²) in [5.41, 5.74) is 0.793. The zero-order chi connectivity index (χ0) is 19.9. The zero-order valence-corrected chi connectivity index (χ0v) is 17.1. The molecule has 0 atom stereocenters. The number of urea groups is 1. The molecule has 5 heteroatoms. The molecule has 1 heterocycles. The number of anilines is 1. The topological polar surface area (TPSA) is 44.8 Å². The first kappa shape index (κ1) is 19.8. The van der Waals surface area contributed by atoms with Crippen molar-refractivity contribution in [3.63, 3.8) is 0 Å². The lowest BCUT2D eigenvalue weighted by molar-refractivity contribution is 0.105. The minimum Gasteiger partial charge on any atom is -0.457 e. The third kappa shape index (κ3) is 5.51. The summed E-state index contributed by atoms with van der Waals surface area (Å²) in [6.07, 6.45) is 8.12. The van der Waals surface area contributed by atoms with E-state index in [0.717, 1.165) is 49.4 Å². The Morgan fingerprint density at radius 2 is 1.41 bits per heavy atom. The number of benzene rings is 2. The highest BCUT2D eigenvalue weighted by Crippen LogP contribution is 2.24. The summed E-state index contributed by atoms with van der Waals surface area (Å²) in [5, 5.41) is 3.02. The van der Waals surface area contributed by atoms with E-state index in [4.69, 9.17) is 4.74 Å². The monoisotopic (exact) mass is 393 g/mol. The molecule has 4 rings (SSSR count).